The fourth-order valence-corrected chi connectivity index (χ4v) is 6.99. The fraction of sp³-hybridized carbons (Fsp3) is 0.0233. The number of hydrogen-bond acceptors (Lipinski definition) is 1. The van der Waals surface area contributed by atoms with Crippen molar-refractivity contribution < 1.29 is 4.42 Å². The van der Waals surface area contributed by atoms with Gasteiger partial charge >= 0.3 is 0 Å². The molecule has 0 radical (unpaired) electrons. The highest BCUT2D eigenvalue weighted by Gasteiger charge is 2.25. The molecule has 1 aliphatic rings. The second-order valence-corrected chi connectivity index (χ2v) is 11.7. The van der Waals surface area contributed by atoms with E-state index in [0.29, 0.717) is 0 Å². The van der Waals surface area contributed by atoms with Crippen LogP contribution in [0.25, 0.3) is 77.6 Å². The number of rotatable bonds is 4. The zero-order chi connectivity index (χ0) is 29.0. The van der Waals surface area contributed by atoms with Gasteiger partial charge in [-0.2, -0.15) is 0 Å². The molecule has 1 aromatic heterocycles. The molecule has 7 aromatic carbocycles. The minimum Gasteiger partial charge on any atom is -0.456 e. The molecule has 8 aromatic rings. The van der Waals surface area contributed by atoms with Crippen molar-refractivity contribution in [3.8, 4) is 55.6 Å². The molecule has 0 amide bonds. The third-order valence-electron chi connectivity index (χ3n) is 9.10. The molecule has 9 rings (SSSR count). The predicted octanol–water partition coefficient (Wildman–Crippen LogP) is 11.8. The number of para-hydroxylation sites is 1. The van der Waals surface area contributed by atoms with E-state index in [0.717, 1.165) is 28.4 Å². The molecule has 0 N–H and O–H groups in total. The van der Waals surface area contributed by atoms with E-state index in [1.54, 1.807) is 0 Å². The van der Waals surface area contributed by atoms with Crippen molar-refractivity contribution in [1.29, 1.82) is 0 Å². The molecule has 1 heterocycles. The Morgan fingerprint density at radius 1 is 0.318 bits per heavy atom. The summed E-state index contributed by atoms with van der Waals surface area (Å²) in [5.41, 5.74) is 17.2. The summed E-state index contributed by atoms with van der Waals surface area (Å²) in [6.07, 6.45) is 0.922. The topological polar surface area (TPSA) is 13.1 Å². The van der Waals surface area contributed by atoms with Crippen molar-refractivity contribution in [3.05, 3.63) is 169 Å². The van der Waals surface area contributed by atoms with Crippen molar-refractivity contribution in [2.75, 3.05) is 0 Å². The lowest BCUT2D eigenvalue weighted by Crippen LogP contribution is -1.90. The largest absolute Gasteiger partial charge is 0.456 e. The van der Waals surface area contributed by atoms with E-state index in [2.05, 4.69) is 146 Å². The molecule has 0 unspecified atom stereocenters. The molecule has 0 spiro atoms. The molecular weight excluding hydrogens is 532 g/mol. The van der Waals surface area contributed by atoms with Crippen LogP contribution in [0.5, 0.6) is 0 Å². The van der Waals surface area contributed by atoms with Crippen LogP contribution in [-0.4, -0.2) is 0 Å². The van der Waals surface area contributed by atoms with E-state index in [1.807, 2.05) is 12.1 Å². The van der Waals surface area contributed by atoms with Crippen LogP contribution in [0.2, 0.25) is 0 Å². The lowest BCUT2D eigenvalue weighted by Gasteiger charge is -2.16. The summed E-state index contributed by atoms with van der Waals surface area (Å²) < 4.78 is 6.18. The minimum absolute atomic E-state index is 0.920. The molecular formula is C43H28O. The average Bonchev–Trinajstić information content (AvgIpc) is 3.65. The monoisotopic (exact) mass is 560 g/mol. The standard InChI is InChI=1S/C43H28O/c1-4-12-28(13-5-1)35-24-32-22-33-25-36(29-14-6-2-7-15-29)38(27-40(33)39(32)26-37(35)30-16-8-3-9-17-30)31-20-21-43-41(23-31)34-18-10-11-19-42(34)44-43/h1-21,23-27H,22H2. The lowest BCUT2D eigenvalue weighted by atomic mass is 9.88. The second-order valence-electron chi connectivity index (χ2n) is 11.7. The summed E-state index contributed by atoms with van der Waals surface area (Å²) in [6, 6.07) is 57.1. The van der Waals surface area contributed by atoms with Crippen LogP contribution in [0.15, 0.2) is 162 Å². The molecule has 1 aliphatic carbocycles. The summed E-state index contributed by atoms with van der Waals surface area (Å²) in [7, 11) is 0. The van der Waals surface area contributed by atoms with E-state index in [4.69, 9.17) is 4.42 Å². The molecule has 0 atom stereocenters. The van der Waals surface area contributed by atoms with Crippen molar-refractivity contribution in [2.45, 2.75) is 6.42 Å². The van der Waals surface area contributed by atoms with Crippen molar-refractivity contribution in [3.63, 3.8) is 0 Å². The zero-order valence-corrected chi connectivity index (χ0v) is 24.1. The van der Waals surface area contributed by atoms with E-state index in [1.165, 1.54) is 66.8 Å². The van der Waals surface area contributed by atoms with Gasteiger partial charge in [0.25, 0.3) is 0 Å². The van der Waals surface area contributed by atoms with Gasteiger partial charge in [0.05, 0.1) is 0 Å². The average molecular weight is 561 g/mol. The third kappa shape index (κ3) is 4.01. The second kappa shape index (κ2) is 9.97. The van der Waals surface area contributed by atoms with E-state index in [-0.39, 0.29) is 0 Å². The Bertz CT molecular complexity index is 2330. The predicted molar refractivity (Wildman–Crippen MR) is 184 cm³/mol. The molecule has 0 bridgehead atoms. The molecule has 0 aliphatic heterocycles. The summed E-state index contributed by atoms with van der Waals surface area (Å²) in [5, 5.41) is 2.30. The first-order valence-corrected chi connectivity index (χ1v) is 15.2. The van der Waals surface area contributed by atoms with Gasteiger partial charge in [-0.1, -0.05) is 115 Å². The normalized spacial score (nSPS) is 12.0. The number of hydrogen-bond donors (Lipinski definition) is 0. The zero-order valence-electron chi connectivity index (χ0n) is 24.1. The first-order chi connectivity index (χ1) is 21.8. The molecule has 0 saturated carbocycles. The van der Waals surface area contributed by atoms with Crippen molar-refractivity contribution in [1.82, 2.24) is 0 Å². The quantitative estimate of drug-likeness (QED) is 0.209. The maximum Gasteiger partial charge on any atom is 0.135 e. The number of fused-ring (bicyclic) bond motifs is 6. The van der Waals surface area contributed by atoms with Gasteiger partial charge in [-0.3, -0.25) is 0 Å². The minimum atomic E-state index is 0.920. The van der Waals surface area contributed by atoms with Gasteiger partial charge in [-0.25, -0.2) is 0 Å². The summed E-state index contributed by atoms with van der Waals surface area (Å²) in [6.45, 7) is 0. The van der Waals surface area contributed by atoms with E-state index < -0.39 is 0 Å². The Morgan fingerprint density at radius 2 is 0.773 bits per heavy atom. The number of benzene rings is 7. The van der Waals surface area contributed by atoms with E-state index >= 15 is 0 Å². The van der Waals surface area contributed by atoms with Crippen LogP contribution in [0.4, 0.5) is 0 Å². The van der Waals surface area contributed by atoms with Gasteiger partial charge in [-0.05, 0) is 116 Å². The van der Waals surface area contributed by atoms with Crippen molar-refractivity contribution in [2.24, 2.45) is 0 Å². The third-order valence-corrected chi connectivity index (χ3v) is 9.10. The Balaban J connectivity index is 1.28. The van der Waals surface area contributed by atoms with Gasteiger partial charge in [0.15, 0.2) is 0 Å². The van der Waals surface area contributed by atoms with Gasteiger partial charge in [0.1, 0.15) is 11.2 Å². The van der Waals surface area contributed by atoms with Crippen LogP contribution in [0.1, 0.15) is 11.1 Å². The smallest absolute Gasteiger partial charge is 0.135 e. The summed E-state index contributed by atoms with van der Waals surface area (Å²) in [4.78, 5) is 0. The Morgan fingerprint density at radius 3 is 1.34 bits per heavy atom. The van der Waals surface area contributed by atoms with Gasteiger partial charge in [0.2, 0.25) is 0 Å². The van der Waals surface area contributed by atoms with Crippen LogP contribution in [0, 0.1) is 0 Å². The molecule has 44 heavy (non-hydrogen) atoms. The molecule has 206 valence electrons. The fourth-order valence-electron chi connectivity index (χ4n) is 6.99. The summed E-state index contributed by atoms with van der Waals surface area (Å²) >= 11 is 0. The van der Waals surface area contributed by atoms with Gasteiger partial charge in [-0.15, -0.1) is 0 Å². The van der Waals surface area contributed by atoms with Gasteiger partial charge in [0, 0.05) is 10.8 Å². The molecule has 1 heteroatoms. The van der Waals surface area contributed by atoms with Crippen LogP contribution in [-0.2, 0) is 6.42 Å². The molecule has 0 fully saturated rings. The summed E-state index contributed by atoms with van der Waals surface area (Å²) in [5.74, 6) is 0. The molecule has 1 nitrogen and oxygen atoms in total. The van der Waals surface area contributed by atoms with Crippen molar-refractivity contribution >= 4 is 21.9 Å². The van der Waals surface area contributed by atoms with E-state index in [9.17, 15) is 0 Å². The number of furan rings is 1. The van der Waals surface area contributed by atoms with Crippen LogP contribution >= 0.6 is 0 Å². The van der Waals surface area contributed by atoms with Crippen LogP contribution in [0.3, 0.4) is 0 Å². The Kier molecular flexibility index (Phi) is 5.64. The van der Waals surface area contributed by atoms with Gasteiger partial charge < -0.3 is 4.42 Å². The molecule has 0 saturated heterocycles. The highest BCUT2D eigenvalue weighted by atomic mass is 16.3. The SMILES string of the molecule is c1ccc(-c2cc3c(cc2-c2ccccc2)-c2cc(-c4ccc5oc6ccccc6c5c4)c(-c4ccccc4)cc2C3)cc1. The maximum absolute atomic E-state index is 6.18. The first-order valence-electron chi connectivity index (χ1n) is 15.2. The lowest BCUT2D eigenvalue weighted by molar-refractivity contribution is 0.669. The maximum atomic E-state index is 6.18. The van der Waals surface area contributed by atoms with Crippen LogP contribution < -0.4 is 0 Å². The Labute approximate surface area is 256 Å². The highest BCUT2D eigenvalue weighted by molar-refractivity contribution is 6.07. The Hall–Kier alpha value is -5.66. The first kappa shape index (κ1) is 24.9. The highest BCUT2D eigenvalue weighted by Crippen LogP contribution is 2.47.